The van der Waals surface area contributed by atoms with Gasteiger partial charge in [-0.1, -0.05) is 36.4 Å². The van der Waals surface area contributed by atoms with E-state index >= 15 is 0 Å². The molecule has 2 N–H and O–H groups in total. The third-order valence-corrected chi connectivity index (χ3v) is 4.61. The largest absolute Gasteiger partial charge is 0.504 e. The molecule has 5 heteroatoms. The van der Waals surface area contributed by atoms with E-state index in [0.717, 1.165) is 37.1 Å². The van der Waals surface area contributed by atoms with Crippen molar-refractivity contribution in [2.24, 2.45) is 0 Å². The summed E-state index contributed by atoms with van der Waals surface area (Å²) in [6.45, 7) is 1.63. The molecule has 1 heterocycles. The topological polar surface area (TPSA) is 67.8 Å². The van der Waals surface area contributed by atoms with E-state index in [1.807, 2.05) is 30.3 Å². The highest BCUT2D eigenvalue weighted by Gasteiger charge is 2.37. The maximum absolute atomic E-state index is 12.6. The van der Waals surface area contributed by atoms with Gasteiger partial charge in [-0.15, -0.1) is 0 Å². The number of hydrogen-bond acceptors (Lipinski definition) is 5. The van der Waals surface area contributed by atoms with Gasteiger partial charge in [0.05, 0.1) is 13.5 Å². The Hall–Kier alpha value is -2.53. The molecular weight excluding hydrogens is 318 g/mol. The monoisotopic (exact) mass is 341 g/mol. The number of benzene rings is 2. The Morgan fingerprint density at radius 3 is 2.56 bits per heavy atom. The van der Waals surface area contributed by atoms with Crippen LogP contribution < -0.4 is 10.1 Å². The Labute approximate surface area is 147 Å². The number of phenolic OH excluding ortho intramolecular Hbond substituents is 1. The lowest BCUT2D eigenvalue weighted by Gasteiger charge is -2.37. The van der Waals surface area contributed by atoms with Crippen LogP contribution in [0.1, 0.15) is 24.0 Å². The van der Waals surface area contributed by atoms with Gasteiger partial charge in [0.1, 0.15) is 5.60 Å². The minimum Gasteiger partial charge on any atom is -0.504 e. The van der Waals surface area contributed by atoms with Gasteiger partial charge in [0.15, 0.2) is 11.5 Å². The van der Waals surface area contributed by atoms with Crippen LogP contribution in [0.3, 0.4) is 0 Å². The Kier molecular flexibility index (Phi) is 5.24. The number of carbonyl (C=O) groups is 1. The van der Waals surface area contributed by atoms with Crippen LogP contribution in [0.4, 0.5) is 0 Å². The average molecular weight is 341 g/mol. The fraction of sp³-hybridized carbons (Fsp3) is 0.350. The summed E-state index contributed by atoms with van der Waals surface area (Å²) in [5.74, 6) is 0.127. The fourth-order valence-corrected chi connectivity index (χ4v) is 3.27. The molecule has 3 rings (SSSR count). The van der Waals surface area contributed by atoms with Gasteiger partial charge < -0.3 is 19.9 Å². The van der Waals surface area contributed by atoms with Crippen LogP contribution >= 0.6 is 0 Å². The molecule has 2 aromatic rings. The first-order valence-electron chi connectivity index (χ1n) is 8.47. The Balaban J connectivity index is 1.77. The molecule has 0 aromatic heterocycles. The lowest BCUT2D eigenvalue weighted by atomic mass is 9.84. The molecule has 0 radical (unpaired) electrons. The predicted molar refractivity (Wildman–Crippen MR) is 94.7 cm³/mol. The van der Waals surface area contributed by atoms with Crippen LogP contribution in [0, 0.1) is 0 Å². The molecule has 1 aliphatic rings. The minimum absolute atomic E-state index is 0.0544. The maximum Gasteiger partial charge on any atom is 0.311 e. The average Bonchev–Trinajstić information content (AvgIpc) is 2.64. The van der Waals surface area contributed by atoms with Crippen molar-refractivity contribution in [3.05, 3.63) is 59.7 Å². The van der Waals surface area contributed by atoms with E-state index in [2.05, 4.69) is 5.32 Å². The summed E-state index contributed by atoms with van der Waals surface area (Å²) in [7, 11) is 1.48. The first-order valence-corrected chi connectivity index (χ1v) is 8.47. The molecule has 0 unspecified atom stereocenters. The van der Waals surface area contributed by atoms with Crippen molar-refractivity contribution in [3.8, 4) is 11.5 Å². The molecule has 0 saturated carbocycles. The SMILES string of the molecule is COc1cc(CC(=O)OC2(c3ccccc3)CCNCC2)ccc1O. The highest BCUT2D eigenvalue weighted by Crippen LogP contribution is 2.35. The van der Waals surface area contributed by atoms with E-state index < -0.39 is 5.60 Å². The molecule has 5 nitrogen and oxygen atoms in total. The second-order valence-corrected chi connectivity index (χ2v) is 6.27. The summed E-state index contributed by atoms with van der Waals surface area (Å²) >= 11 is 0. The second-order valence-electron chi connectivity index (χ2n) is 6.27. The number of rotatable bonds is 5. The molecular formula is C20H23NO4. The van der Waals surface area contributed by atoms with E-state index in [0.29, 0.717) is 5.75 Å². The summed E-state index contributed by atoms with van der Waals surface area (Å²) in [6, 6.07) is 14.8. The van der Waals surface area contributed by atoms with Gasteiger partial charge in [-0.2, -0.15) is 0 Å². The van der Waals surface area contributed by atoms with E-state index in [1.165, 1.54) is 13.2 Å². The van der Waals surface area contributed by atoms with Crippen LogP contribution in [0.5, 0.6) is 11.5 Å². The Morgan fingerprint density at radius 2 is 1.88 bits per heavy atom. The predicted octanol–water partition coefficient (Wildman–Crippen LogP) is 2.77. The summed E-state index contributed by atoms with van der Waals surface area (Å²) in [5.41, 5.74) is 1.20. The number of nitrogens with one attached hydrogen (secondary N) is 1. The molecule has 1 saturated heterocycles. The fourth-order valence-electron chi connectivity index (χ4n) is 3.27. The first kappa shape index (κ1) is 17.3. The van der Waals surface area contributed by atoms with Gasteiger partial charge in [-0.25, -0.2) is 0 Å². The highest BCUT2D eigenvalue weighted by atomic mass is 16.6. The molecule has 0 amide bonds. The number of ether oxygens (including phenoxy) is 2. The van der Waals surface area contributed by atoms with Gasteiger partial charge in [0, 0.05) is 12.8 Å². The van der Waals surface area contributed by atoms with Crippen molar-refractivity contribution in [3.63, 3.8) is 0 Å². The third-order valence-electron chi connectivity index (χ3n) is 4.61. The van der Waals surface area contributed by atoms with Gasteiger partial charge in [-0.3, -0.25) is 4.79 Å². The molecule has 25 heavy (non-hydrogen) atoms. The normalized spacial score (nSPS) is 16.2. The van der Waals surface area contributed by atoms with E-state index in [-0.39, 0.29) is 18.1 Å². The minimum atomic E-state index is -0.579. The van der Waals surface area contributed by atoms with Crippen molar-refractivity contribution in [1.29, 1.82) is 0 Å². The molecule has 1 aliphatic heterocycles. The van der Waals surface area contributed by atoms with Crippen LogP contribution in [0.25, 0.3) is 0 Å². The van der Waals surface area contributed by atoms with E-state index in [1.54, 1.807) is 12.1 Å². The lowest BCUT2D eigenvalue weighted by molar-refractivity contribution is -0.163. The van der Waals surface area contributed by atoms with Gasteiger partial charge in [0.25, 0.3) is 0 Å². The van der Waals surface area contributed by atoms with Crippen LogP contribution in [-0.4, -0.2) is 31.3 Å². The van der Waals surface area contributed by atoms with Crippen molar-refractivity contribution in [2.75, 3.05) is 20.2 Å². The Morgan fingerprint density at radius 1 is 1.16 bits per heavy atom. The molecule has 132 valence electrons. The number of aromatic hydroxyl groups is 1. The standard InChI is InChI=1S/C20H23NO4/c1-24-18-13-15(7-8-17(18)22)14-19(23)25-20(9-11-21-12-10-20)16-5-3-2-4-6-16/h2-8,13,21-22H,9-12,14H2,1H3. The highest BCUT2D eigenvalue weighted by molar-refractivity contribution is 5.73. The van der Waals surface area contributed by atoms with Crippen LogP contribution in [0.2, 0.25) is 0 Å². The lowest BCUT2D eigenvalue weighted by Crippen LogP contribution is -2.43. The number of methoxy groups -OCH3 is 1. The zero-order valence-electron chi connectivity index (χ0n) is 14.3. The van der Waals surface area contributed by atoms with Crippen molar-refractivity contribution >= 4 is 5.97 Å². The number of piperidine rings is 1. The summed E-state index contributed by atoms with van der Waals surface area (Å²) < 4.78 is 11.1. The summed E-state index contributed by atoms with van der Waals surface area (Å²) in [5, 5.41) is 13.0. The summed E-state index contributed by atoms with van der Waals surface area (Å²) in [6.07, 6.45) is 1.64. The second kappa shape index (κ2) is 7.57. The van der Waals surface area contributed by atoms with Crippen molar-refractivity contribution in [1.82, 2.24) is 5.32 Å². The smallest absolute Gasteiger partial charge is 0.311 e. The zero-order valence-corrected chi connectivity index (χ0v) is 14.3. The van der Waals surface area contributed by atoms with Crippen molar-refractivity contribution < 1.29 is 19.4 Å². The van der Waals surface area contributed by atoms with Gasteiger partial charge in [-0.05, 0) is 36.3 Å². The molecule has 2 aromatic carbocycles. The van der Waals surface area contributed by atoms with Crippen LogP contribution in [0.15, 0.2) is 48.5 Å². The molecule has 0 spiro atoms. The van der Waals surface area contributed by atoms with Crippen LogP contribution in [-0.2, 0) is 21.6 Å². The Bertz CT molecular complexity index is 724. The van der Waals surface area contributed by atoms with Gasteiger partial charge >= 0.3 is 5.97 Å². The first-order chi connectivity index (χ1) is 12.1. The van der Waals surface area contributed by atoms with Gasteiger partial charge in [0.2, 0.25) is 0 Å². The quantitative estimate of drug-likeness (QED) is 0.819. The number of hydrogen-bond donors (Lipinski definition) is 2. The number of phenols is 1. The van der Waals surface area contributed by atoms with E-state index in [4.69, 9.17) is 9.47 Å². The number of esters is 1. The molecule has 0 aliphatic carbocycles. The zero-order chi connectivity index (χ0) is 17.7. The number of carbonyl (C=O) groups excluding carboxylic acids is 1. The molecule has 0 bridgehead atoms. The molecule has 0 atom stereocenters. The van der Waals surface area contributed by atoms with E-state index in [9.17, 15) is 9.90 Å². The van der Waals surface area contributed by atoms with Crippen molar-refractivity contribution in [2.45, 2.75) is 24.9 Å². The molecule has 1 fully saturated rings. The summed E-state index contributed by atoms with van der Waals surface area (Å²) in [4.78, 5) is 12.6. The third kappa shape index (κ3) is 3.94. The maximum atomic E-state index is 12.6.